The maximum absolute atomic E-state index is 5.63. The maximum atomic E-state index is 5.63. The van der Waals surface area contributed by atoms with E-state index in [1.165, 1.54) is 31.2 Å². The van der Waals surface area contributed by atoms with Gasteiger partial charge in [0.05, 0.1) is 0 Å². The number of hydrogen-bond donors (Lipinski definition) is 1. The lowest BCUT2D eigenvalue weighted by Crippen LogP contribution is -2.06. The van der Waals surface area contributed by atoms with Crippen molar-refractivity contribution >= 4 is 0 Å². The zero-order chi connectivity index (χ0) is 13.1. The molecular formula is C15H20N4. The number of aromatic nitrogens is 3. The molecule has 100 valence electrons. The monoisotopic (exact) mass is 256 g/mol. The van der Waals surface area contributed by atoms with E-state index in [0.29, 0.717) is 12.6 Å². The van der Waals surface area contributed by atoms with E-state index in [-0.39, 0.29) is 0 Å². The highest BCUT2D eigenvalue weighted by molar-refractivity contribution is 5.56. The molecule has 0 bridgehead atoms. The highest BCUT2D eigenvalue weighted by Gasteiger charge is 2.20. The molecule has 0 atom stereocenters. The highest BCUT2D eigenvalue weighted by Crippen LogP contribution is 2.32. The first-order valence-electron chi connectivity index (χ1n) is 7.07. The molecule has 1 aromatic carbocycles. The quantitative estimate of drug-likeness (QED) is 0.914. The molecule has 1 aliphatic rings. The van der Waals surface area contributed by atoms with Gasteiger partial charge in [-0.2, -0.15) is 0 Å². The van der Waals surface area contributed by atoms with Crippen LogP contribution in [0.25, 0.3) is 11.4 Å². The molecule has 0 spiro atoms. The summed E-state index contributed by atoms with van der Waals surface area (Å²) in [5.74, 6) is 0.991. The molecule has 1 heterocycles. The van der Waals surface area contributed by atoms with Crippen LogP contribution in [0, 0.1) is 0 Å². The van der Waals surface area contributed by atoms with Crippen LogP contribution in [-0.2, 0) is 6.42 Å². The van der Waals surface area contributed by atoms with Gasteiger partial charge >= 0.3 is 0 Å². The van der Waals surface area contributed by atoms with Crippen molar-refractivity contribution in [2.24, 2.45) is 5.73 Å². The summed E-state index contributed by atoms with van der Waals surface area (Å²) < 4.78 is 2.24. The summed E-state index contributed by atoms with van der Waals surface area (Å²) in [5.41, 5.74) is 8.04. The van der Waals surface area contributed by atoms with Crippen molar-refractivity contribution in [3.8, 4) is 11.4 Å². The van der Waals surface area contributed by atoms with Crippen molar-refractivity contribution in [1.82, 2.24) is 14.8 Å². The van der Waals surface area contributed by atoms with Crippen LogP contribution in [0.2, 0.25) is 0 Å². The van der Waals surface area contributed by atoms with Crippen LogP contribution in [0.1, 0.15) is 37.3 Å². The van der Waals surface area contributed by atoms with Crippen LogP contribution >= 0.6 is 0 Å². The lowest BCUT2D eigenvalue weighted by Gasteiger charge is -2.14. The fraction of sp³-hybridized carbons (Fsp3) is 0.467. The highest BCUT2D eigenvalue weighted by atomic mass is 15.3. The molecular weight excluding hydrogens is 236 g/mol. The van der Waals surface area contributed by atoms with Gasteiger partial charge in [-0.15, -0.1) is 10.2 Å². The van der Waals surface area contributed by atoms with Gasteiger partial charge in [0.15, 0.2) is 5.82 Å². The molecule has 1 aromatic heterocycles. The first-order valence-corrected chi connectivity index (χ1v) is 7.07. The van der Waals surface area contributed by atoms with Crippen molar-refractivity contribution in [2.75, 3.05) is 6.54 Å². The molecule has 19 heavy (non-hydrogen) atoms. The minimum atomic E-state index is 0.572. The molecule has 0 saturated heterocycles. The maximum Gasteiger partial charge on any atom is 0.164 e. The van der Waals surface area contributed by atoms with Crippen LogP contribution in [0.4, 0.5) is 0 Å². The van der Waals surface area contributed by atoms with E-state index < -0.39 is 0 Å². The molecule has 0 radical (unpaired) electrons. The number of nitrogens with zero attached hydrogens (tertiary/aromatic N) is 3. The van der Waals surface area contributed by atoms with Crippen molar-refractivity contribution in [3.05, 3.63) is 36.2 Å². The van der Waals surface area contributed by atoms with E-state index in [9.17, 15) is 0 Å². The van der Waals surface area contributed by atoms with Gasteiger partial charge in [0.1, 0.15) is 6.33 Å². The largest absolute Gasteiger partial charge is 0.330 e. The van der Waals surface area contributed by atoms with E-state index in [1.54, 1.807) is 0 Å². The Morgan fingerprint density at radius 1 is 1.26 bits per heavy atom. The molecule has 2 N–H and O–H groups in total. The molecule has 1 fully saturated rings. The summed E-state index contributed by atoms with van der Waals surface area (Å²) >= 11 is 0. The van der Waals surface area contributed by atoms with Crippen LogP contribution in [0.5, 0.6) is 0 Å². The molecule has 1 saturated carbocycles. The average Bonchev–Trinajstić information content (AvgIpc) is 3.10. The second-order valence-electron chi connectivity index (χ2n) is 5.24. The topological polar surface area (TPSA) is 56.7 Å². The van der Waals surface area contributed by atoms with Gasteiger partial charge in [0.2, 0.25) is 0 Å². The zero-order valence-electron chi connectivity index (χ0n) is 11.1. The minimum absolute atomic E-state index is 0.572. The number of rotatable bonds is 4. The summed E-state index contributed by atoms with van der Waals surface area (Å²) in [6.07, 6.45) is 7.90. The zero-order valence-corrected chi connectivity index (χ0v) is 11.1. The predicted octanol–water partition coefficient (Wildman–Crippen LogP) is 2.56. The summed E-state index contributed by atoms with van der Waals surface area (Å²) in [6.45, 7) is 0.679. The molecule has 1 aliphatic carbocycles. The van der Waals surface area contributed by atoms with Crippen LogP contribution in [0.15, 0.2) is 30.6 Å². The van der Waals surface area contributed by atoms with E-state index >= 15 is 0 Å². The standard InChI is InChI=1S/C15H20N4/c16-9-8-12-4-3-5-13(10-12)15-18-17-11-19(15)14-6-1-2-7-14/h3-5,10-11,14H,1-2,6-9,16H2. The Morgan fingerprint density at radius 2 is 2.11 bits per heavy atom. The Labute approximate surface area is 113 Å². The summed E-state index contributed by atoms with van der Waals surface area (Å²) in [7, 11) is 0. The third-order valence-electron chi connectivity index (χ3n) is 3.91. The summed E-state index contributed by atoms with van der Waals surface area (Å²) in [6, 6.07) is 9.06. The molecule has 0 unspecified atom stereocenters. The minimum Gasteiger partial charge on any atom is -0.330 e. The Morgan fingerprint density at radius 3 is 2.89 bits per heavy atom. The lowest BCUT2D eigenvalue weighted by molar-refractivity contribution is 0.522. The summed E-state index contributed by atoms with van der Waals surface area (Å²) in [4.78, 5) is 0. The number of nitrogens with two attached hydrogens (primary N) is 1. The number of hydrogen-bond acceptors (Lipinski definition) is 3. The van der Waals surface area contributed by atoms with E-state index in [1.807, 2.05) is 6.33 Å². The van der Waals surface area contributed by atoms with Gasteiger partial charge < -0.3 is 10.3 Å². The lowest BCUT2D eigenvalue weighted by atomic mass is 10.1. The number of benzene rings is 1. The first-order chi connectivity index (χ1) is 9.38. The third kappa shape index (κ3) is 2.54. The van der Waals surface area contributed by atoms with Crippen LogP contribution in [-0.4, -0.2) is 21.3 Å². The molecule has 0 amide bonds. The normalized spacial score (nSPS) is 16.1. The Balaban J connectivity index is 1.93. The van der Waals surface area contributed by atoms with E-state index in [0.717, 1.165) is 17.8 Å². The molecule has 0 aliphatic heterocycles. The second-order valence-corrected chi connectivity index (χ2v) is 5.24. The van der Waals surface area contributed by atoms with Gasteiger partial charge in [-0.05, 0) is 37.4 Å². The van der Waals surface area contributed by atoms with Gasteiger partial charge in [-0.1, -0.05) is 31.0 Å². The van der Waals surface area contributed by atoms with Crippen molar-refractivity contribution in [1.29, 1.82) is 0 Å². The summed E-state index contributed by atoms with van der Waals surface area (Å²) in [5, 5.41) is 8.42. The van der Waals surface area contributed by atoms with Crippen molar-refractivity contribution in [3.63, 3.8) is 0 Å². The Kier molecular flexibility index (Phi) is 3.60. The third-order valence-corrected chi connectivity index (χ3v) is 3.91. The second kappa shape index (κ2) is 5.53. The van der Waals surface area contributed by atoms with Gasteiger partial charge in [0.25, 0.3) is 0 Å². The molecule has 3 rings (SSSR count). The first kappa shape index (κ1) is 12.4. The van der Waals surface area contributed by atoms with E-state index in [4.69, 9.17) is 5.73 Å². The Bertz CT molecular complexity index is 541. The van der Waals surface area contributed by atoms with Gasteiger partial charge in [-0.25, -0.2) is 0 Å². The van der Waals surface area contributed by atoms with Crippen LogP contribution in [0.3, 0.4) is 0 Å². The van der Waals surface area contributed by atoms with Crippen molar-refractivity contribution < 1.29 is 0 Å². The predicted molar refractivity (Wildman–Crippen MR) is 75.7 cm³/mol. The SMILES string of the molecule is NCCc1cccc(-c2nncn2C2CCCC2)c1. The molecule has 2 aromatic rings. The van der Waals surface area contributed by atoms with Gasteiger partial charge in [-0.3, -0.25) is 0 Å². The smallest absolute Gasteiger partial charge is 0.164 e. The average molecular weight is 256 g/mol. The molecule has 4 heteroatoms. The fourth-order valence-electron chi connectivity index (χ4n) is 2.93. The fourth-order valence-corrected chi connectivity index (χ4v) is 2.93. The molecule has 4 nitrogen and oxygen atoms in total. The van der Waals surface area contributed by atoms with Crippen molar-refractivity contribution in [2.45, 2.75) is 38.1 Å². The Hall–Kier alpha value is -1.68. The van der Waals surface area contributed by atoms with Crippen LogP contribution < -0.4 is 5.73 Å². The van der Waals surface area contributed by atoms with E-state index in [2.05, 4.69) is 39.0 Å². The van der Waals surface area contributed by atoms with Gasteiger partial charge in [0, 0.05) is 11.6 Å².